The highest BCUT2D eigenvalue weighted by atomic mass is 16.5. The molecule has 0 radical (unpaired) electrons. The first-order valence-corrected chi connectivity index (χ1v) is 6.71. The Balaban J connectivity index is 2.32. The maximum atomic E-state index is 11.8. The number of rotatable bonds is 5. The maximum absolute atomic E-state index is 11.8. The minimum Gasteiger partial charge on any atom is -0.494 e. The number of hydrogen-bond acceptors (Lipinski definition) is 5. The molecule has 7 nitrogen and oxygen atoms in total. The largest absolute Gasteiger partial charge is 0.494 e. The van der Waals surface area contributed by atoms with Gasteiger partial charge in [0.05, 0.1) is 20.3 Å². The fourth-order valence-corrected chi connectivity index (χ4v) is 2.22. The molecular formula is C15H18N2O5. The number of aromatic nitrogens is 2. The van der Waals surface area contributed by atoms with Gasteiger partial charge in [-0.1, -0.05) is 13.0 Å². The van der Waals surface area contributed by atoms with Crippen LogP contribution in [-0.2, 0) is 6.54 Å². The third-order valence-corrected chi connectivity index (χ3v) is 3.45. The molecule has 0 fully saturated rings. The molecule has 0 saturated heterocycles. The number of hydrogen-bond donors (Lipinski definition) is 2. The monoisotopic (exact) mass is 306 g/mol. The van der Waals surface area contributed by atoms with Crippen LogP contribution in [-0.4, -0.2) is 28.9 Å². The van der Waals surface area contributed by atoms with E-state index in [1.807, 2.05) is 19.1 Å². The molecule has 22 heavy (non-hydrogen) atoms. The molecule has 2 aromatic rings. The van der Waals surface area contributed by atoms with Gasteiger partial charge < -0.3 is 14.6 Å². The molecule has 0 amide bonds. The lowest BCUT2D eigenvalue weighted by molar-refractivity contribution is 0.353. The number of benzene rings is 1. The lowest BCUT2D eigenvalue weighted by Crippen LogP contribution is -2.30. The normalized spacial score (nSPS) is 12.0. The van der Waals surface area contributed by atoms with Crippen molar-refractivity contribution >= 4 is 0 Å². The van der Waals surface area contributed by atoms with E-state index in [0.717, 1.165) is 16.2 Å². The number of aromatic amines is 1. The van der Waals surface area contributed by atoms with Crippen LogP contribution in [0.25, 0.3) is 0 Å². The number of aromatic hydroxyl groups is 1. The second-order valence-corrected chi connectivity index (χ2v) is 4.92. The van der Waals surface area contributed by atoms with E-state index in [9.17, 15) is 14.7 Å². The van der Waals surface area contributed by atoms with Gasteiger partial charge in [-0.15, -0.1) is 0 Å². The molecule has 0 aliphatic rings. The number of nitrogens with zero attached hydrogens (tertiary/aromatic N) is 1. The Morgan fingerprint density at radius 2 is 1.86 bits per heavy atom. The highest BCUT2D eigenvalue weighted by Gasteiger charge is 2.14. The fraction of sp³-hybridized carbons (Fsp3) is 0.333. The van der Waals surface area contributed by atoms with Gasteiger partial charge in [-0.2, -0.15) is 0 Å². The van der Waals surface area contributed by atoms with E-state index in [1.165, 1.54) is 0 Å². The summed E-state index contributed by atoms with van der Waals surface area (Å²) in [5.41, 5.74) is -0.356. The van der Waals surface area contributed by atoms with Gasteiger partial charge in [0.2, 0.25) is 5.88 Å². The zero-order valence-electron chi connectivity index (χ0n) is 12.6. The average molecular weight is 306 g/mol. The predicted molar refractivity (Wildman–Crippen MR) is 80.9 cm³/mol. The zero-order chi connectivity index (χ0) is 16.3. The van der Waals surface area contributed by atoms with Crippen molar-refractivity contribution in [3.63, 3.8) is 0 Å². The van der Waals surface area contributed by atoms with Gasteiger partial charge >= 0.3 is 5.69 Å². The summed E-state index contributed by atoms with van der Waals surface area (Å²) in [6, 6.07) is 6.43. The molecule has 1 heterocycles. The Hall–Kier alpha value is -2.70. The summed E-state index contributed by atoms with van der Waals surface area (Å²) < 4.78 is 11.5. The predicted octanol–water partition coefficient (Wildman–Crippen LogP) is 1.06. The van der Waals surface area contributed by atoms with Crippen LogP contribution in [0.1, 0.15) is 18.4 Å². The molecular weight excluding hydrogens is 288 g/mol. The van der Waals surface area contributed by atoms with E-state index in [1.54, 1.807) is 20.3 Å². The van der Waals surface area contributed by atoms with Gasteiger partial charge in [0.25, 0.3) is 5.56 Å². The molecule has 1 aromatic carbocycles. The summed E-state index contributed by atoms with van der Waals surface area (Å²) in [6.45, 7) is 2.12. The molecule has 0 bridgehead atoms. The molecule has 1 unspecified atom stereocenters. The molecule has 0 saturated carbocycles. The molecule has 0 aliphatic carbocycles. The highest BCUT2D eigenvalue weighted by Crippen LogP contribution is 2.31. The standard InChI is InChI=1S/C15H18N2O5/c1-9(8-17-14(19)7-13(18)16-15(17)20)10-4-5-11(21-2)12(6-10)22-3/h4-7,9,19H,8H2,1-3H3,(H,16,18,20). The minimum atomic E-state index is -0.641. The average Bonchev–Trinajstić information content (AvgIpc) is 2.49. The maximum Gasteiger partial charge on any atom is 0.331 e. The fourth-order valence-electron chi connectivity index (χ4n) is 2.22. The van der Waals surface area contributed by atoms with E-state index in [4.69, 9.17) is 9.47 Å². The van der Waals surface area contributed by atoms with E-state index in [-0.39, 0.29) is 18.3 Å². The van der Waals surface area contributed by atoms with Crippen LogP contribution in [0.2, 0.25) is 0 Å². The molecule has 2 rings (SSSR count). The first-order valence-electron chi connectivity index (χ1n) is 6.71. The third kappa shape index (κ3) is 3.13. The van der Waals surface area contributed by atoms with Crippen LogP contribution in [0.3, 0.4) is 0 Å². The van der Waals surface area contributed by atoms with Gasteiger partial charge in [0, 0.05) is 6.54 Å². The lowest BCUT2D eigenvalue weighted by Gasteiger charge is -2.16. The van der Waals surface area contributed by atoms with Crippen molar-refractivity contribution in [3.05, 3.63) is 50.7 Å². The summed E-state index contributed by atoms with van der Waals surface area (Å²) in [6.07, 6.45) is 0. The van der Waals surface area contributed by atoms with E-state index < -0.39 is 11.2 Å². The Morgan fingerprint density at radius 1 is 1.18 bits per heavy atom. The number of ether oxygens (including phenoxy) is 2. The zero-order valence-corrected chi connectivity index (χ0v) is 12.6. The van der Waals surface area contributed by atoms with Crippen LogP contribution >= 0.6 is 0 Å². The van der Waals surface area contributed by atoms with Gasteiger partial charge in [0.15, 0.2) is 11.5 Å². The summed E-state index contributed by atoms with van der Waals surface area (Å²) in [5, 5.41) is 9.75. The Bertz CT molecular complexity index is 778. The number of H-pyrrole nitrogens is 1. The SMILES string of the molecule is COc1ccc(C(C)Cn2c(O)cc(=O)[nH]c2=O)cc1OC. The molecule has 0 spiro atoms. The molecule has 118 valence electrons. The Kier molecular flexibility index (Phi) is 4.55. The van der Waals surface area contributed by atoms with Gasteiger partial charge in [-0.05, 0) is 23.6 Å². The summed E-state index contributed by atoms with van der Waals surface area (Å²) in [7, 11) is 3.10. The van der Waals surface area contributed by atoms with Crippen molar-refractivity contribution < 1.29 is 14.6 Å². The first kappa shape index (κ1) is 15.7. The Labute approximate surface area is 126 Å². The number of methoxy groups -OCH3 is 2. The highest BCUT2D eigenvalue weighted by molar-refractivity contribution is 5.43. The van der Waals surface area contributed by atoms with Crippen LogP contribution in [0.15, 0.2) is 33.9 Å². The summed E-state index contributed by atoms with van der Waals surface area (Å²) in [5.74, 6) is 0.753. The molecule has 2 N–H and O–H groups in total. The van der Waals surface area contributed by atoms with E-state index in [0.29, 0.717) is 11.5 Å². The van der Waals surface area contributed by atoms with Crippen LogP contribution in [0.4, 0.5) is 0 Å². The second-order valence-electron chi connectivity index (χ2n) is 4.92. The van der Waals surface area contributed by atoms with Crippen molar-refractivity contribution in [2.75, 3.05) is 14.2 Å². The quantitative estimate of drug-likeness (QED) is 0.861. The topological polar surface area (TPSA) is 93.5 Å². The van der Waals surface area contributed by atoms with Gasteiger partial charge in [-0.3, -0.25) is 14.3 Å². The Morgan fingerprint density at radius 3 is 2.45 bits per heavy atom. The van der Waals surface area contributed by atoms with Crippen molar-refractivity contribution in [3.8, 4) is 17.4 Å². The smallest absolute Gasteiger partial charge is 0.331 e. The van der Waals surface area contributed by atoms with Gasteiger partial charge in [0.1, 0.15) is 0 Å². The van der Waals surface area contributed by atoms with Crippen molar-refractivity contribution in [2.24, 2.45) is 0 Å². The molecule has 1 atom stereocenters. The third-order valence-electron chi connectivity index (χ3n) is 3.45. The first-order chi connectivity index (χ1) is 10.5. The number of nitrogens with one attached hydrogen (secondary N) is 1. The van der Waals surface area contributed by atoms with Crippen LogP contribution < -0.4 is 20.7 Å². The summed E-state index contributed by atoms with van der Waals surface area (Å²) >= 11 is 0. The van der Waals surface area contributed by atoms with E-state index >= 15 is 0 Å². The van der Waals surface area contributed by atoms with Crippen molar-refractivity contribution in [1.82, 2.24) is 9.55 Å². The second kappa shape index (κ2) is 6.38. The van der Waals surface area contributed by atoms with E-state index in [2.05, 4.69) is 4.98 Å². The molecule has 0 aliphatic heterocycles. The van der Waals surface area contributed by atoms with Crippen LogP contribution in [0.5, 0.6) is 17.4 Å². The summed E-state index contributed by atoms with van der Waals surface area (Å²) in [4.78, 5) is 25.0. The molecule has 7 heteroatoms. The van der Waals surface area contributed by atoms with Crippen molar-refractivity contribution in [2.45, 2.75) is 19.4 Å². The van der Waals surface area contributed by atoms with Crippen molar-refractivity contribution in [1.29, 1.82) is 0 Å². The lowest BCUT2D eigenvalue weighted by atomic mass is 10.0. The molecule has 1 aromatic heterocycles. The van der Waals surface area contributed by atoms with Gasteiger partial charge in [-0.25, -0.2) is 4.79 Å². The van der Waals surface area contributed by atoms with Crippen LogP contribution in [0, 0.1) is 0 Å². The minimum absolute atomic E-state index is 0.0886.